The average Bonchev–Trinajstić information content (AvgIpc) is 2.95. The second-order valence-electron chi connectivity index (χ2n) is 5.79. The van der Waals surface area contributed by atoms with Gasteiger partial charge in [0.25, 0.3) is 0 Å². The Morgan fingerprint density at radius 1 is 1.38 bits per heavy atom. The molecule has 112 valence electrons. The Hall–Kier alpha value is -1.50. The first-order chi connectivity index (χ1) is 10.1. The molecule has 6 heteroatoms. The maximum atomic E-state index is 12.6. The van der Waals surface area contributed by atoms with E-state index in [0.717, 1.165) is 42.1 Å². The van der Waals surface area contributed by atoms with Crippen LogP contribution in [-0.4, -0.2) is 47.5 Å². The fourth-order valence-corrected chi connectivity index (χ4v) is 3.30. The summed E-state index contributed by atoms with van der Waals surface area (Å²) in [5.74, 6) is 0.0354. The van der Waals surface area contributed by atoms with Crippen LogP contribution in [0.15, 0.2) is 23.7 Å². The van der Waals surface area contributed by atoms with Gasteiger partial charge < -0.3 is 10.6 Å². The molecule has 1 aromatic carbocycles. The minimum atomic E-state index is -0.509. The van der Waals surface area contributed by atoms with Crippen molar-refractivity contribution in [3.63, 3.8) is 0 Å². The third kappa shape index (κ3) is 2.92. The smallest absolute Gasteiger partial charge is 0.244 e. The number of piperazine rings is 1. The van der Waals surface area contributed by atoms with Crippen LogP contribution < -0.4 is 10.6 Å². The lowest BCUT2D eigenvalue weighted by atomic mass is 10.0. The lowest BCUT2D eigenvalue weighted by Gasteiger charge is -2.39. The summed E-state index contributed by atoms with van der Waals surface area (Å²) in [4.78, 5) is 19.1. The number of rotatable bonds is 3. The van der Waals surface area contributed by atoms with Crippen LogP contribution in [0.2, 0.25) is 0 Å². The number of aromatic nitrogens is 1. The molecule has 0 radical (unpaired) electrons. The largest absolute Gasteiger partial charge is 0.324 e. The van der Waals surface area contributed by atoms with Gasteiger partial charge in [-0.25, -0.2) is 4.98 Å². The number of amides is 1. The monoisotopic (exact) mass is 304 g/mol. The van der Waals surface area contributed by atoms with Gasteiger partial charge in [-0.1, -0.05) is 0 Å². The van der Waals surface area contributed by atoms with Crippen LogP contribution in [0.1, 0.15) is 13.8 Å². The molecule has 5 nitrogen and oxygen atoms in total. The highest BCUT2D eigenvalue weighted by atomic mass is 32.1. The molecule has 1 aromatic heterocycles. The number of nitrogens with one attached hydrogen (secondary N) is 2. The second-order valence-corrected chi connectivity index (χ2v) is 6.67. The van der Waals surface area contributed by atoms with Crippen LogP contribution >= 0.6 is 11.3 Å². The molecule has 1 fully saturated rings. The van der Waals surface area contributed by atoms with Crippen molar-refractivity contribution in [3.05, 3.63) is 23.7 Å². The molecule has 1 amide bonds. The fraction of sp³-hybridized carbons (Fsp3) is 0.467. The van der Waals surface area contributed by atoms with E-state index < -0.39 is 5.54 Å². The Bertz CT molecular complexity index is 646. The van der Waals surface area contributed by atoms with Crippen molar-refractivity contribution in [2.75, 3.05) is 31.5 Å². The van der Waals surface area contributed by atoms with Crippen LogP contribution in [0.25, 0.3) is 10.2 Å². The normalized spacial score (nSPS) is 17.0. The van der Waals surface area contributed by atoms with Crippen molar-refractivity contribution in [1.29, 1.82) is 0 Å². The van der Waals surface area contributed by atoms with Gasteiger partial charge in [0.05, 0.1) is 21.3 Å². The average molecular weight is 304 g/mol. The number of carbonyl (C=O) groups is 1. The minimum absolute atomic E-state index is 0.0354. The molecule has 0 atom stereocenters. The summed E-state index contributed by atoms with van der Waals surface area (Å²) in [5, 5.41) is 6.35. The minimum Gasteiger partial charge on any atom is -0.324 e. The molecule has 0 saturated carbocycles. The van der Waals surface area contributed by atoms with E-state index in [9.17, 15) is 4.79 Å². The lowest BCUT2D eigenvalue weighted by molar-refractivity contribution is -0.126. The molecule has 2 heterocycles. The summed E-state index contributed by atoms with van der Waals surface area (Å²) in [6.07, 6.45) is 0. The quantitative estimate of drug-likeness (QED) is 0.909. The number of hydrogen-bond acceptors (Lipinski definition) is 5. The van der Waals surface area contributed by atoms with Crippen molar-refractivity contribution in [3.8, 4) is 0 Å². The first kappa shape index (κ1) is 14.4. The van der Waals surface area contributed by atoms with Gasteiger partial charge in [0, 0.05) is 31.9 Å². The lowest BCUT2D eigenvalue weighted by Crippen LogP contribution is -2.58. The zero-order chi connectivity index (χ0) is 14.9. The molecule has 0 spiro atoms. The molecule has 1 saturated heterocycles. The second kappa shape index (κ2) is 5.71. The highest BCUT2D eigenvalue weighted by Crippen LogP contribution is 2.23. The van der Waals surface area contributed by atoms with Crippen LogP contribution in [0, 0.1) is 0 Å². The Morgan fingerprint density at radius 2 is 2.14 bits per heavy atom. The van der Waals surface area contributed by atoms with Crippen LogP contribution in [0.4, 0.5) is 5.69 Å². The molecular weight excluding hydrogens is 284 g/mol. The number of nitrogens with zero attached hydrogens (tertiary/aromatic N) is 2. The summed E-state index contributed by atoms with van der Waals surface area (Å²) in [6.45, 7) is 7.63. The summed E-state index contributed by atoms with van der Waals surface area (Å²) < 4.78 is 1.09. The molecule has 3 rings (SSSR count). The maximum absolute atomic E-state index is 12.6. The van der Waals surface area contributed by atoms with Crippen molar-refractivity contribution >= 4 is 33.1 Å². The number of benzene rings is 1. The Labute approximate surface area is 128 Å². The van der Waals surface area contributed by atoms with E-state index in [1.807, 2.05) is 37.6 Å². The number of anilines is 1. The topological polar surface area (TPSA) is 57.3 Å². The van der Waals surface area contributed by atoms with Gasteiger partial charge in [-0.05, 0) is 32.0 Å². The Morgan fingerprint density at radius 3 is 2.90 bits per heavy atom. The van der Waals surface area contributed by atoms with E-state index in [1.165, 1.54) is 0 Å². The van der Waals surface area contributed by atoms with E-state index in [-0.39, 0.29) is 5.91 Å². The Kier molecular flexibility index (Phi) is 3.93. The van der Waals surface area contributed by atoms with Gasteiger partial charge in [0.15, 0.2) is 0 Å². The number of hydrogen-bond donors (Lipinski definition) is 2. The number of thiazole rings is 1. The molecule has 2 N–H and O–H groups in total. The predicted octanol–water partition coefficient (Wildman–Crippen LogP) is 1.92. The summed E-state index contributed by atoms with van der Waals surface area (Å²) >= 11 is 1.58. The molecule has 0 unspecified atom stereocenters. The van der Waals surface area contributed by atoms with E-state index >= 15 is 0 Å². The molecule has 1 aliphatic heterocycles. The zero-order valence-electron chi connectivity index (χ0n) is 12.3. The number of fused-ring (bicyclic) bond motifs is 1. The van der Waals surface area contributed by atoms with Crippen molar-refractivity contribution in [1.82, 2.24) is 15.2 Å². The molecular formula is C15H20N4OS. The molecule has 1 aliphatic rings. The highest BCUT2D eigenvalue weighted by Gasteiger charge is 2.35. The third-order valence-electron chi connectivity index (χ3n) is 4.05. The molecule has 0 aliphatic carbocycles. The summed E-state index contributed by atoms with van der Waals surface area (Å²) in [6, 6.07) is 5.84. The fourth-order valence-electron chi connectivity index (χ4n) is 2.58. The van der Waals surface area contributed by atoms with Gasteiger partial charge in [-0.2, -0.15) is 0 Å². The van der Waals surface area contributed by atoms with Gasteiger partial charge >= 0.3 is 0 Å². The molecule has 0 bridgehead atoms. The van der Waals surface area contributed by atoms with Gasteiger partial charge in [0.2, 0.25) is 5.91 Å². The van der Waals surface area contributed by atoms with Crippen LogP contribution in [-0.2, 0) is 4.79 Å². The van der Waals surface area contributed by atoms with Gasteiger partial charge in [-0.15, -0.1) is 11.3 Å². The van der Waals surface area contributed by atoms with E-state index in [2.05, 4.69) is 20.5 Å². The summed E-state index contributed by atoms with van der Waals surface area (Å²) in [5.41, 5.74) is 3.12. The summed E-state index contributed by atoms with van der Waals surface area (Å²) in [7, 11) is 0. The van der Waals surface area contributed by atoms with E-state index in [0.29, 0.717) is 0 Å². The first-order valence-electron chi connectivity index (χ1n) is 7.18. The first-order valence-corrected chi connectivity index (χ1v) is 8.06. The van der Waals surface area contributed by atoms with Gasteiger partial charge in [0.1, 0.15) is 0 Å². The van der Waals surface area contributed by atoms with Crippen molar-refractivity contribution in [2.24, 2.45) is 0 Å². The van der Waals surface area contributed by atoms with Gasteiger partial charge in [-0.3, -0.25) is 9.69 Å². The molecule has 21 heavy (non-hydrogen) atoms. The van der Waals surface area contributed by atoms with E-state index in [1.54, 1.807) is 11.3 Å². The SMILES string of the molecule is CC(C)(C(=O)Nc1ccc2ncsc2c1)N1CCNCC1. The van der Waals surface area contributed by atoms with Crippen LogP contribution in [0.3, 0.4) is 0 Å². The van der Waals surface area contributed by atoms with Crippen molar-refractivity contribution in [2.45, 2.75) is 19.4 Å². The highest BCUT2D eigenvalue weighted by molar-refractivity contribution is 7.16. The van der Waals surface area contributed by atoms with E-state index in [4.69, 9.17) is 0 Å². The van der Waals surface area contributed by atoms with Crippen LogP contribution in [0.5, 0.6) is 0 Å². The number of carbonyl (C=O) groups excluding carboxylic acids is 1. The maximum Gasteiger partial charge on any atom is 0.244 e. The molecule has 2 aromatic rings. The Balaban J connectivity index is 1.74. The predicted molar refractivity (Wildman–Crippen MR) is 86.8 cm³/mol. The third-order valence-corrected chi connectivity index (χ3v) is 4.84. The van der Waals surface area contributed by atoms with Crippen molar-refractivity contribution < 1.29 is 4.79 Å². The standard InChI is InChI=1S/C15H20N4OS/c1-15(2,19-7-5-16-6-8-19)14(20)18-11-3-4-12-13(9-11)21-10-17-12/h3-4,9-10,16H,5-8H2,1-2H3,(H,18,20). The zero-order valence-corrected chi connectivity index (χ0v) is 13.2.